The summed E-state index contributed by atoms with van der Waals surface area (Å²) in [5.41, 5.74) is 1.31. The second-order valence-electron chi connectivity index (χ2n) is 3.60. The summed E-state index contributed by atoms with van der Waals surface area (Å²) in [6.07, 6.45) is 1.67. The topological polar surface area (TPSA) is 53.5 Å². The Morgan fingerprint density at radius 2 is 2.15 bits per heavy atom. The first-order valence-electron chi connectivity index (χ1n) is 5.88. The summed E-state index contributed by atoms with van der Waals surface area (Å²) in [5.74, 6) is 0.954. The van der Waals surface area contributed by atoms with Gasteiger partial charge in [-0.05, 0) is 31.2 Å². The van der Waals surface area contributed by atoms with Crippen LogP contribution in [-0.2, 0) is 4.18 Å². The van der Waals surface area contributed by atoms with Crippen molar-refractivity contribution in [2.75, 3.05) is 13.7 Å². The molecule has 0 atom stereocenters. The Morgan fingerprint density at radius 1 is 1.30 bits per heavy atom. The Hall–Kier alpha value is -1.50. The third-order valence-corrected chi connectivity index (χ3v) is 3.13. The van der Waals surface area contributed by atoms with Crippen LogP contribution in [0.15, 0.2) is 30.5 Å². The second-order valence-corrected chi connectivity index (χ2v) is 4.52. The minimum absolute atomic E-state index is 0.354. The van der Waals surface area contributed by atoms with E-state index in [0.29, 0.717) is 34.6 Å². The lowest BCUT2D eigenvalue weighted by molar-refractivity contribution is 0.369. The molecular weight excluding hydrogens is 300 g/mol. The van der Waals surface area contributed by atoms with Gasteiger partial charge >= 0.3 is 0 Å². The minimum Gasteiger partial charge on any atom is -0.480 e. The van der Waals surface area contributed by atoms with Crippen LogP contribution in [0.5, 0.6) is 11.6 Å². The quantitative estimate of drug-likeness (QED) is 0.459. The summed E-state index contributed by atoms with van der Waals surface area (Å²) in [6.45, 7) is 2.43. The molecule has 2 aromatic heterocycles. The summed E-state index contributed by atoms with van der Waals surface area (Å²) in [6, 6.07) is 7.03. The zero-order valence-corrected chi connectivity index (χ0v) is 12.6. The van der Waals surface area contributed by atoms with Crippen LogP contribution in [0.3, 0.4) is 0 Å². The van der Waals surface area contributed by atoms with Gasteiger partial charge in [0.25, 0.3) is 0 Å². The fourth-order valence-corrected chi connectivity index (χ4v) is 2.01. The normalized spacial score (nSPS) is 10.3. The lowest BCUT2D eigenvalue weighted by Crippen LogP contribution is -1.96. The maximum atomic E-state index is 5.86. The zero-order valence-electron chi connectivity index (χ0n) is 11.0. The maximum Gasteiger partial charge on any atom is 0.225 e. The van der Waals surface area contributed by atoms with Crippen LogP contribution < -0.4 is 8.92 Å². The highest BCUT2D eigenvalue weighted by Gasteiger charge is 2.15. The molecule has 20 heavy (non-hydrogen) atoms. The number of hydrogen-bond acceptors (Lipinski definition) is 6. The van der Waals surface area contributed by atoms with Crippen molar-refractivity contribution in [1.29, 1.82) is 0 Å². The fraction of sp³-hybridized carbons (Fsp3) is 0.231. The Kier molecular flexibility index (Phi) is 5.46. The van der Waals surface area contributed by atoms with Crippen molar-refractivity contribution in [3.05, 3.63) is 35.6 Å². The van der Waals surface area contributed by atoms with Gasteiger partial charge < -0.3 is 8.92 Å². The molecular formula is C13H13ClN2O3S. The molecule has 0 unspecified atom stereocenters. The van der Waals surface area contributed by atoms with Crippen molar-refractivity contribution in [3.8, 4) is 22.9 Å². The Bertz CT molecular complexity index is 583. The van der Waals surface area contributed by atoms with Gasteiger partial charge in [-0.25, -0.2) is 4.98 Å². The van der Waals surface area contributed by atoms with E-state index in [2.05, 4.69) is 9.97 Å². The number of aromatic nitrogens is 2. The van der Waals surface area contributed by atoms with Gasteiger partial charge in [-0.2, -0.15) is 0 Å². The number of rotatable bonds is 6. The van der Waals surface area contributed by atoms with Crippen molar-refractivity contribution < 1.29 is 13.1 Å². The number of hydrogen-bond donors (Lipinski definition) is 0. The van der Waals surface area contributed by atoms with Crippen LogP contribution >= 0.6 is 23.9 Å². The number of halogens is 1. The maximum absolute atomic E-state index is 5.86. The van der Waals surface area contributed by atoms with Crippen LogP contribution in [0.1, 0.15) is 6.92 Å². The van der Waals surface area contributed by atoms with E-state index in [1.165, 1.54) is 7.11 Å². The Balaban J connectivity index is 2.37. The first-order chi connectivity index (χ1) is 9.76. The van der Waals surface area contributed by atoms with Gasteiger partial charge in [-0.1, -0.05) is 11.6 Å². The molecule has 0 saturated heterocycles. The van der Waals surface area contributed by atoms with E-state index in [1.54, 1.807) is 30.5 Å². The average molecular weight is 313 g/mol. The molecule has 0 aliphatic carbocycles. The summed E-state index contributed by atoms with van der Waals surface area (Å²) in [5, 5.41) is 0.354. The Labute approximate surface area is 126 Å². The van der Waals surface area contributed by atoms with Crippen molar-refractivity contribution in [3.63, 3.8) is 0 Å². The molecule has 0 aromatic carbocycles. The van der Waals surface area contributed by atoms with Gasteiger partial charge in [-0.15, -0.1) is 0 Å². The largest absolute Gasteiger partial charge is 0.480 e. The van der Waals surface area contributed by atoms with E-state index in [0.717, 1.165) is 12.3 Å². The number of methoxy groups -OCH3 is 1. The van der Waals surface area contributed by atoms with Gasteiger partial charge in [-0.3, -0.25) is 9.17 Å². The summed E-state index contributed by atoms with van der Waals surface area (Å²) >= 11 is 6.76. The lowest BCUT2D eigenvalue weighted by atomic mass is 10.1. The van der Waals surface area contributed by atoms with Crippen molar-refractivity contribution in [1.82, 2.24) is 9.97 Å². The van der Waals surface area contributed by atoms with Crippen LogP contribution in [0.2, 0.25) is 5.15 Å². The van der Waals surface area contributed by atoms with E-state index < -0.39 is 0 Å². The fourth-order valence-electron chi connectivity index (χ4n) is 1.52. The van der Waals surface area contributed by atoms with E-state index in [4.69, 9.17) is 24.7 Å². The molecule has 106 valence electrons. The van der Waals surface area contributed by atoms with Crippen LogP contribution in [-0.4, -0.2) is 23.7 Å². The highest BCUT2D eigenvalue weighted by molar-refractivity contribution is 7.90. The first kappa shape index (κ1) is 14.9. The van der Waals surface area contributed by atoms with Crippen molar-refractivity contribution in [2.45, 2.75) is 6.92 Å². The van der Waals surface area contributed by atoms with Crippen molar-refractivity contribution >= 4 is 23.9 Å². The Morgan fingerprint density at radius 3 is 2.90 bits per heavy atom. The van der Waals surface area contributed by atoms with Crippen molar-refractivity contribution in [2.24, 2.45) is 0 Å². The summed E-state index contributed by atoms with van der Waals surface area (Å²) < 4.78 is 15.8. The number of nitrogens with zero attached hydrogens (tertiary/aromatic N) is 2. The van der Waals surface area contributed by atoms with E-state index >= 15 is 0 Å². The SMILES string of the molecule is CCOSOc1cccnc1-c1ccc(Cl)nc1OC. The van der Waals surface area contributed by atoms with Crippen LogP contribution in [0.4, 0.5) is 0 Å². The highest BCUT2D eigenvalue weighted by atomic mass is 35.5. The van der Waals surface area contributed by atoms with Gasteiger partial charge in [0.05, 0.1) is 19.3 Å². The molecule has 0 amide bonds. The molecule has 0 aliphatic heterocycles. The smallest absolute Gasteiger partial charge is 0.225 e. The molecule has 7 heteroatoms. The summed E-state index contributed by atoms with van der Waals surface area (Å²) in [4.78, 5) is 8.42. The zero-order chi connectivity index (χ0) is 14.4. The minimum atomic E-state index is 0.354. The van der Waals surface area contributed by atoms with E-state index in [-0.39, 0.29) is 0 Å². The first-order valence-corrected chi connectivity index (χ1v) is 6.92. The molecule has 5 nitrogen and oxygen atoms in total. The molecule has 0 N–H and O–H groups in total. The monoisotopic (exact) mass is 312 g/mol. The molecule has 0 spiro atoms. The second kappa shape index (κ2) is 7.33. The molecule has 0 aliphatic rings. The van der Waals surface area contributed by atoms with Gasteiger partial charge in [0, 0.05) is 6.20 Å². The third kappa shape index (κ3) is 3.53. The number of ether oxygens (including phenoxy) is 1. The molecule has 2 rings (SSSR count). The molecule has 2 heterocycles. The van der Waals surface area contributed by atoms with Gasteiger partial charge in [0.2, 0.25) is 18.2 Å². The highest BCUT2D eigenvalue weighted by Crippen LogP contribution is 2.35. The van der Waals surface area contributed by atoms with Crippen LogP contribution in [0, 0.1) is 0 Å². The van der Waals surface area contributed by atoms with E-state index in [1.807, 2.05) is 6.92 Å². The van der Waals surface area contributed by atoms with Gasteiger partial charge in [0.1, 0.15) is 10.8 Å². The molecule has 0 saturated carbocycles. The predicted octanol–water partition coefficient (Wildman–Crippen LogP) is 3.78. The third-order valence-electron chi connectivity index (χ3n) is 2.34. The predicted molar refractivity (Wildman–Crippen MR) is 78.9 cm³/mol. The number of pyridine rings is 2. The van der Waals surface area contributed by atoms with E-state index in [9.17, 15) is 0 Å². The standard InChI is InChI=1S/C13H13ClN2O3S/c1-3-18-20-19-10-5-4-8-15-12(10)9-6-7-11(14)16-13(9)17-2/h4-8H,3H2,1-2H3. The summed E-state index contributed by atoms with van der Waals surface area (Å²) in [7, 11) is 1.53. The molecule has 0 bridgehead atoms. The average Bonchev–Trinajstić information content (AvgIpc) is 2.48. The lowest BCUT2D eigenvalue weighted by Gasteiger charge is -2.10. The molecule has 0 fully saturated rings. The van der Waals surface area contributed by atoms with Gasteiger partial charge in [0.15, 0.2) is 5.75 Å². The molecule has 0 radical (unpaired) electrons. The molecule has 2 aromatic rings. The van der Waals surface area contributed by atoms with Crippen LogP contribution in [0.25, 0.3) is 11.3 Å².